The Morgan fingerprint density at radius 3 is 2.48 bits per heavy atom. The fraction of sp³-hybridized carbons (Fsp3) is 0.600. The number of nitrogens with two attached hydrogens (primary N) is 1. The van der Waals surface area contributed by atoms with Gasteiger partial charge < -0.3 is 16.2 Å². The molecule has 1 fully saturated rings. The van der Waals surface area contributed by atoms with Crippen LogP contribution in [0.3, 0.4) is 0 Å². The summed E-state index contributed by atoms with van der Waals surface area (Å²) in [5, 5.41) is 13.0. The fourth-order valence-electron chi connectivity index (χ4n) is 3.07. The summed E-state index contributed by atoms with van der Waals surface area (Å²) in [6.45, 7) is 1.55. The van der Waals surface area contributed by atoms with Crippen LogP contribution in [0.15, 0.2) is 24.3 Å². The summed E-state index contributed by atoms with van der Waals surface area (Å²) in [6.07, 6.45) is 4.35. The average molecular weight is 356 g/mol. The zero-order chi connectivity index (χ0) is 13.7. The van der Waals surface area contributed by atoms with E-state index in [1.54, 1.807) is 0 Å². The van der Waals surface area contributed by atoms with Crippen LogP contribution in [0.1, 0.15) is 31.2 Å². The minimum absolute atomic E-state index is 0. The van der Waals surface area contributed by atoms with Crippen LogP contribution >= 0.6 is 36.4 Å². The molecule has 0 bridgehead atoms. The molecule has 1 aliphatic carbocycles. The number of aliphatic hydroxyl groups is 1. The van der Waals surface area contributed by atoms with Crippen LogP contribution in [-0.2, 0) is 5.41 Å². The van der Waals surface area contributed by atoms with Crippen LogP contribution in [0.4, 0.5) is 0 Å². The molecule has 3 nitrogen and oxygen atoms in total. The standard InChI is InChI=1S/C15H23ClN2O.2ClH/c16-13-3-1-2-12(10-13)15(11-17)6-4-14(5-7-15)18-8-9-19;;/h1-3,10,14,18-19H,4-9,11,17H2;2*1H/t14-,15+;;. The summed E-state index contributed by atoms with van der Waals surface area (Å²) in [5.74, 6) is 0. The molecule has 0 saturated heterocycles. The van der Waals surface area contributed by atoms with Gasteiger partial charge in [0, 0.05) is 29.6 Å². The second-order valence-corrected chi connectivity index (χ2v) is 5.88. The van der Waals surface area contributed by atoms with E-state index in [9.17, 15) is 0 Å². The van der Waals surface area contributed by atoms with Gasteiger partial charge in [0.25, 0.3) is 0 Å². The Morgan fingerprint density at radius 1 is 1.29 bits per heavy atom. The van der Waals surface area contributed by atoms with Crippen molar-refractivity contribution in [2.24, 2.45) is 5.73 Å². The van der Waals surface area contributed by atoms with Gasteiger partial charge in [0.2, 0.25) is 0 Å². The molecule has 0 aliphatic heterocycles. The summed E-state index contributed by atoms with van der Waals surface area (Å²) in [4.78, 5) is 0. The minimum Gasteiger partial charge on any atom is -0.395 e. The first-order chi connectivity index (χ1) is 9.20. The lowest BCUT2D eigenvalue weighted by molar-refractivity contribution is 0.232. The molecule has 1 aromatic rings. The van der Waals surface area contributed by atoms with Crippen LogP contribution in [0, 0.1) is 0 Å². The largest absolute Gasteiger partial charge is 0.395 e. The van der Waals surface area contributed by atoms with Crippen molar-refractivity contribution < 1.29 is 5.11 Å². The second kappa shape index (κ2) is 9.88. The summed E-state index contributed by atoms with van der Waals surface area (Å²) in [6, 6.07) is 8.61. The first-order valence-electron chi connectivity index (χ1n) is 7.00. The maximum Gasteiger partial charge on any atom is 0.0556 e. The average Bonchev–Trinajstić information content (AvgIpc) is 2.46. The highest BCUT2D eigenvalue weighted by molar-refractivity contribution is 6.30. The molecule has 1 aliphatic rings. The van der Waals surface area contributed by atoms with Gasteiger partial charge in [0.15, 0.2) is 0 Å². The van der Waals surface area contributed by atoms with E-state index in [-0.39, 0.29) is 36.8 Å². The SMILES string of the molecule is Cl.Cl.NC[C@]1(c2cccc(Cl)c2)CC[C@@H](NCCO)CC1. The normalized spacial score (nSPS) is 24.8. The van der Waals surface area contributed by atoms with Gasteiger partial charge in [-0.15, -0.1) is 24.8 Å². The molecule has 21 heavy (non-hydrogen) atoms. The molecule has 122 valence electrons. The van der Waals surface area contributed by atoms with Crippen molar-refractivity contribution in [2.75, 3.05) is 19.7 Å². The van der Waals surface area contributed by atoms with Crippen molar-refractivity contribution in [3.05, 3.63) is 34.9 Å². The Bertz CT molecular complexity index is 410. The van der Waals surface area contributed by atoms with Gasteiger partial charge in [-0.2, -0.15) is 0 Å². The first kappa shape index (κ1) is 21.0. The summed E-state index contributed by atoms with van der Waals surface area (Å²) in [7, 11) is 0. The van der Waals surface area contributed by atoms with Crippen LogP contribution in [0.5, 0.6) is 0 Å². The molecule has 0 heterocycles. The lowest BCUT2D eigenvalue weighted by Gasteiger charge is -2.40. The third-order valence-corrected chi connectivity index (χ3v) is 4.55. The molecule has 0 radical (unpaired) electrons. The van der Waals surface area contributed by atoms with Crippen molar-refractivity contribution in [3.8, 4) is 0 Å². The molecule has 0 spiro atoms. The van der Waals surface area contributed by atoms with Gasteiger partial charge in [-0.3, -0.25) is 0 Å². The predicted octanol–water partition coefficient (Wildman–Crippen LogP) is 2.90. The van der Waals surface area contributed by atoms with Gasteiger partial charge in [0.1, 0.15) is 0 Å². The Balaban J connectivity index is 0.00000200. The van der Waals surface area contributed by atoms with Gasteiger partial charge in [0.05, 0.1) is 6.61 Å². The topological polar surface area (TPSA) is 58.3 Å². The van der Waals surface area contributed by atoms with Gasteiger partial charge >= 0.3 is 0 Å². The fourth-order valence-corrected chi connectivity index (χ4v) is 3.26. The van der Waals surface area contributed by atoms with E-state index in [4.69, 9.17) is 22.4 Å². The lowest BCUT2D eigenvalue weighted by atomic mass is 9.68. The smallest absolute Gasteiger partial charge is 0.0556 e. The molecular formula is C15H25Cl3N2O. The molecule has 0 amide bonds. The van der Waals surface area contributed by atoms with Crippen molar-refractivity contribution in [2.45, 2.75) is 37.1 Å². The van der Waals surface area contributed by atoms with Crippen LogP contribution in [-0.4, -0.2) is 30.8 Å². The monoisotopic (exact) mass is 354 g/mol. The number of halogens is 3. The molecule has 0 unspecified atom stereocenters. The summed E-state index contributed by atoms with van der Waals surface area (Å²) in [5.41, 5.74) is 7.40. The second-order valence-electron chi connectivity index (χ2n) is 5.45. The van der Waals surface area contributed by atoms with Crippen LogP contribution in [0.25, 0.3) is 0 Å². The van der Waals surface area contributed by atoms with Crippen LogP contribution in [0.2, 0.25) is 5.02 Å². The van der Waals surface area contributed by atoms with Gasteiger partial charge in [-0.1, -0.05) is 23.7 Å². The van der Waals surface area contributed by atoms with Crippen molar-refractivity contribution in [1.29, 1.82) is 0 Å². The zero-order valence-electron chi connectivity index (χ0n) is 12.1. The maximum atomic E-state index is 8.86. The van der Waals surface area contributed by atoms with E-state index in [1.165, 1.54) is 5.56 Å². The third kappa shape index (κ3) is 5.27. The van der Waals surface area contributed by atoms with E-state index in [0.717, 1.165) is 30.7 Å². The molecule has 2 rings (SSSR count). The predicted molar refractivity (Wildman–Crippen MR) is 94.0 cm³/mol. The number of hydrogen-bond donors (Lipinski definition) is 3. The van der Waals surface area contributed by atoms with E-state index >= 15 is 0 Å². The van der Waals surface area contributed by atoms with Crippen LogP contribution < -0.4 is 11.1 Å². The van der Waals surface area contributed by atoms with Gasteiger partial charge in [-0.05, 0) is 43.4 Å². The summed E-state index contributed by atoms with van der Waals surface area (Å²) >= 11 is 6.10. The van der Waals surface area contributed by atoms with E-state index in [2.05, 4.69) is 17.4 Å². The molecule has 4 N–H and O–H groups in total. The first-order valence-corrected chi connectivity index (χ1v) is 7.38. The number of rotatable bonds is 5. The quantitative estimate of drug-likeness (QED) is 0.761. The molecule has 1 aromatic carbocycles. The highest BCUT2D eigenvalue weighted by atomic mass is 35.5. The Kier molecular flexibility index (Phi) is 9.87. The van der Waals surface area contributed by atoms with Gasteiger partial charge in [-0.25, -0.2) is 0 Å². The Morgan fingerprint density at radius 2 is 1.95 bits per heavy atom. The highest BCUT2D eigenvalue weighted by Crippen LogP contribution is 2.39. The number of nitrogens with one attached hydrogen (secondary N) is 1. The third-order valence-electron chi connectivity index (χ3n) is 4.32. The van der Waals surface area contributed by atoms with E-state index in [1.807, 2.05) is 12.1 Å². The molecule has 1 saturated carbocycles. The number of hydrogen-bond acceptors (Lipinski definition) is 3. The maximum absolute atomic E-state index is 8.86. The van der Waals surface area contributed by atoms with Crippen molar-refractivity contribution >= 4 is 36.4 Å². The Labute approximate surface area is 144 Å². The molecule has 0 aromatic heterocycles. The highest BCUT2D eigenvalue weighted by Gasteiger charge is 2.35. The molecular weight excluding hydrogens is 331 g/mol. The number of benzene rings is 1. The van der Waals surface area contributed by atoms with Crippen molar-refractivity contribution in [3.63, 3.8) is 0 Å². The zero-order valence-corrected chi connectivity index (χ0v) is 14.4. The summed E-state index contributed by atoms with van der Waals surface area (Å²) < 4.78 is 0. The van der Waals surface area contributed by atoms with Crippen molar-refractivity contribution in [1.82, 2.24) is 5.32 Å². The lowest BCUT2D eigenvalue weighted by Crippen LogP contribution is -2.44. The molecule has 0 atom stereocenters. The molecule has 6 heteroatoms. The minimum atomic E-state index is 0. The number of aliphatic hydroxyl groups excluding tert-OH is 1. The van der Waals surface area contributed by atoms with E-state index < -0.39 is 0 Å². The van der Waals surface area contributed by atoms with E-state index in [0.29, 0.717) is 19.1 Å². The Hall–Kier alpha value is -0.0300.